The Labute approximate surface area is 112 Å². The Morgan fingerprint density at radius 1 is 1.32 bits per heavy atom. The van der Waals surface area contributed by atoms with Gasteiger partial charge in [0.2, 0.25) is 0 Å². The SMILES string of the molecule is COc1ccc(Cn2nnc3scnc3c2=O)cc1. The molecule has 0 aliphatic heterocycles. The van der Waals surface area contributed by atoms with Gasteiger partial charge in [-0.05, 0) is 17.7 Å². The average molecular weight is 274 g/mol. The summed E-state index contributed by atoms with van der Waals surface area (Å²) in [5.74, 6) is 0.775. The summed E-state index contributed by atoms with van der Waals surface area (Å²) in [6, 6.07) is 7.46. The first-order valence-electron chi connectivity index (χ1n) is 5.58. The second-order valence-electron chi connectivity index (χ2n) is 3.91. The van der Waals surface area contributed by atoms with Crippen molar-refractivity contribution < 1.29 is 4.74 Å². The zero-order valence-corrected chi connectivity index (χ0v) is 10.9. The fourth-order valence-corrected chi connectivity index (χ4v) is 2.32. The molecule has 0 atom stereocenters. The van der Waals surface area contributed by atoms with Crippen LogP contribution >= 0.6 is 11.3 Å². The van der Waals surface area contributed by atoms with Gasteiger partial charge in [0.05, 0.1) is 19.2 Å². The first-order chi connectivity index (χ1) is 9.28. The van der Waals surface area contributed by atoms with E-state index in [1.54, 1.807) is 12.6 Å². The van der Waals surface area contributed by atoms with Gasteiger partial charge in [-0.15, -0.1) is 16.4 Å². The predicted octanol–water partition coefficient (Wildman–Crippen LogP) is 1.30. The number of methoxy groups -OCH3 is 1. The third-order valence-corrected chi connectivity index (χ3v) is 3.43. The number of nitrogens with zero attached hydrogens (tertiary/aromatic N) is 4. The second-order valence-corrected chi connectivity index (χ2v) is 4.74. The molecular weight excluding hydrogens is 264 g/mol. The predicted molar refractivity (Wildman–Crippen MR) is 71.6 cm³/mol. The van der Waals surface area contributed by atoms with Crippen molar-refractivity contribution in [1.82, 2.24) is 20.0 Å². The van der Waals surface area contributed by atoms with Gasteiger partial charge in [0, 0.05) is 0 Å². The lowest BCUT2D eigenvalue weighted by molar-refractivity contribution is 0.414. The summed E-state index contributed by atoms with van der Waals surface area (Å²) < 4.78 is 6.39. The van der Waals surface area contributed by atoms with Gasteiger partial charge in [0.15, 0.2) is 10.3 Å². The van der Waals surface area contributed by atoms with Crippen molar-refractivity contribution in [3.8, 4) is 5.75 Å². The van der Waals surface area contributed by atoms with E-state index in [0.29, 0.717) is 16.9 Å². The maximum atomic E-state index is 12.1. The van der Waals surface area contributed by atoms with E-state index in [2.05, 4.69) is 15.3 Å². The minimum absolute atomic E-state index is 0.220. The molecule has 19 heavy (non-hydrogen) atoms. The van der Waals surface area contributed by atoms with Crippen LogP contribution < -0.4 is 10.3 Å². The van der Waals surface area contributed by atoms with E-state index in [1.807, 2.05) is 24.3 Å². The molecular formula is C12H10N4O2S. The molecule has 0 fully saturated rings. The number of hydrogen-bond donors (Lipinski definition) is 0. The summed E-state index contributed by atoms with van der Waals surface area (Å²) >= 11 is 1.31. The molecule has 3 aromatic rings. The first-order valence-corrected chi connectivity index (χ1v) is 6.46. The molecule has 0 N–H and O–H groups in total. The largest absolute Gasteiger partial charge is 0.497 e. The maximum absolute atomic E-state index is 12.1. The fourth-order valence-electron chi connectivity index (χ4n) is 1.72. The number of aromatic nitrogens is 4. The van der Waals surface area contributed by atoms with Crippen LogP contribution in [0.1, 0.15) is 5.56 Å². The third-order valence-electron chi connectivity index (χ3n) is 2.72. The normalized spacial score (nSPS) is 10.8. The van der Waals surface area contributed by atoms with Crippen LogP contribution in [0.5, 0.6) is 5.75 Å². The van der Waals surface area contributed by atoms with Crippen molar-refractivity contribution in [1.29, 1.82) is 0 Å². The molecule has 0 bridgehead atoms. The van der Waals surface area contributed by atoms with E-state index in [0.717, 1.165) is 11.3 Å². The zero-order valence-electron chi connectivity index (χ0n) is 10.1. The van der Waals surface area contributed by atoms with Crippen molar-refractivity contribution in [3.05, 3.63) is 45.7 Å². The van der Waals surface area contributed by atoms with Gasteiger partial charge in [-0.25, -0.2) is 9.67 Å². The van der Waals surface area contributed by atoms with Crippen LogP contribution in [-0.4, -0.2) is 27.1 Å². The molecule has 6 nitrogen and oxygen atoms in total. The van der Waals surface area contributed by atoms with Gasteiger partial charge in [-0.1, -0.05) is 17.3 Å². The highest BCUT2D eigenvalue weighted by Gasteiger charge is 2.08. The zero-order chi connectivity index (χ0) is 13.2. The molecule has 0 unspecified atom stereocenters. The third kappa shape index (κ3) is 2.19. The Morgan fingerprint density at radius 2 is 2.11 bits per heavy atom. The first kappa shape index (κ1) is 11.8. The van der Waals surface area contributed by atoms with Crippen LogP contribution in [0.2, 0.25) is 0 Å². The van der Waals surface area contributed by atoms with Crippen LogP contribution in [0.15, 0.2) is 34.6 Å². The lowest BCUT2D eigenvalue weighted by Gasteiger charge is -2.04. The summed E-state index contributed by atoms with van der Waals surface area (Å²) in [4.78, 5) is 16.7. The smallest absolute Gasteiger partial charge is 0.297 e. The minimum atomic E-state index is -0.220. The van der Waals surface area contributed by atoms with Gasteiger partial charge >= 0.3 is 0 Å². The van der Waals surface area contributed by atoms with E-state index in [4.69, 9.17) is 4.74 Å². The number of ether oxygens (including phenoxy) is 1. The molecule has 0 saturated heterocycles. The molecule has 7 heteroatoms. The fraction of sp³-hybridized carbons (Fsp3) is 0.167. The number of hydrogen-bond acceptors (Lipinski definition) is 6. The van der Waals surface area contributed by atoms with Crippen molar-refractivity contribution >= 4 is 21.7 Å². The summed E-state index contributed by atoms with van der Waals surface area (Å²) in [7, 11) is 1.61. The van der Waals surface area contributed by atoms with Crippen LogP contribution in [0.3, 0.4) is 0 Å². The standard InChI is InChI=1S/C12H10N4O2S/c1-18-9-4-2-8(3-5-9)6-16-12(17)10-11(14-15-16)19-7-13-10/h2-5,7H,6H2,1H3. The number of rotatable bonds is 3. The molecule has 0 spiro atoms. The van der Waals surface area contributed by atoms with Crippen molar-refractivity contribution in [2.24, 2.45) is 0 Å². The van der Waals surface area contributed by atoms with E-state index >= 15 is 0 Å². The monoisotopic (exact) mass is 274 g/mol. The molecule has 2 heterocycles. The Morgan fingerprint density at radius 3 is 2.84 bits per heavy atom. The Hall–Kier alpha value is -2.28. The Balaban J connectivity index is 1.95. The van der Waals surface area contributed by atoms with Gasteiger partial charge in [-0.2, -0.15) is 0 Å². The van der Waals surface area contributed by atoms with E-state index < -0.39 is 0 Å². The highest BCUT2D eigenvalue weighted by molar-refractivity contribution is 7.16. The lowest BCUT2D eigenvalue weighted by atomic mass is 10.2. The molecule has 0 amide bonds. The maximum Gasteiger partial charge on any atom is 0.297 e. The van der Waals surface area contributed by atoms with Gasteiger partial charge in [-0.3, -0.25) is 4.79 Å². The van der Waals surface area contributed by atoms with Crippen LogP contribution in [0.4, 0.5) is 0 Å². The highest BCUT2D eigenvalue weighted by Crippen LogP contribution is 2.12. The van der Waals surface area contributed by atoms with Crippen molar-refractivity contribution in [3.63, 3.8) is 0 Å². The topological polar surface area (TPSA) is 69.9 Å². The number of fused-ring (bicyclic) bond motifs is 1. The Bertz CT molecular complexity index is 763. The minimum Gasteiger partial charge on any atom is -0.497 e. The average Bonchev–Trinajstić information content (AvgIpc) is 2.92. The van der Waals surface area contributed by atoms with Crippen molar-refractivity contribution in [2.45, 2.75) is 6.54 Å². The quantitative estimate of drug-likeness (QED) is 0.720. The van der Waals surface area contributed by atoms with Gasteiger partial charge < -0.3 is 4.74 Å². The molecule has 0 saturated carbocycles. The number of thiazole rings is 1. The highest BCUT2D eigenvalue weighted by atomic mass is 32.1. The summed E-state index contributed by atoms with van der Waals surface area (Å²) in [5, 5.41) is 7.89. The molecule has 96 valence electrons. The van der Waals surface area contributed by atoms with Crippen LogP contribution in [0, 0.1) is 0 Å². The summed E-state index contributed by atoms with van der Waals surface area (Å²) in [6.45, 7) is 0.364. The van der Waals surface area contributed by atoms with Gasteiger partial charge in [0.25, 0.3) is 5.56 Å². The molecule has 0 aliphatic carbocycles. The summed E-state index contributed by atoms with van der Waals surface area (Å²) in [5.41, 5.74) is 2.70. The molecule has 3 rings (SSSR count). The molecule has 1 aromatic carbocycles. The van der Waals surface area contributed by atoms with Crippen LogP contribution in [0.25, 0.3) is 10.3 Å². The van der Waals surface area contributed by atoms with E-state index in [-0.39, 0.29) is 5.56 Å². The second kappa shape index (κ2) is 4.77. The number of benzene rings is 1. The molecule has 0 aliphatic rings. The van der Waals surface area contributed by atoms with E-state index in [1.165, 1.54) is 16.0 Å². The molecule has 2 aromatic heterocycles. The van der Waals surface area contributed by atoms with Crippen molar-refractivity contribution in [2.75, 3.05) is 7.11 Å². The van der Waals surface area contributed by atoms with Crippen LogP contribution in [-0.2, 0) is 6.54 Å². The summed E-state index contributed by atoms with van der Waals surface area (Å²) in [6.07, 6.45) is 0. The van der Waals surface area contributed by atoms with E-state index in [9.17, 15) is 4.79 Å². The van der Waals surface area contributed by atoms with Gasteiger partial charge in [0.1, 0.15) is 5.75 Å². The Kier molecular flexibility index (Phi) is 2.96. The molecule has 0 radical (unpaired) electrons. The lowest BCUT2D eigenvalue weighted by Crippen LogP contribution is -2.24.